The first-order chi connectivity index (χ1) is 12.0. The molecule has 2 aromatic carbocycles. The van der Waals surface area contributed by atoms with E-state index in [0.29, 0.717) is 30.2 Å². The van der Waals surface area contributed by atoms with Crippen LogP contribution in [0.2, 0.25) is 5.02 Å². The van der Waals surface area contributed by atoms with E-state index in [9.17, 15) is 4.79 Å². The molecule has 0 aliphatic rings. The SMILES string of the molecule is CC(=NNC(=O)CCCOc1ccc(Cl)cc1C)c1ccc(N)cc1. The zero-order valence-corrected chi connectivity index (χ0v) is 15.1. The number of nitrogen functional groups attached to an aromatic ring is 1. The number of nitrogens with zero attached hydrogens (tertiary/aromatic N) is 1. The number of carbonyl (C=O) groups excluding carboxylic acids is 1. The predicted molar refractivity (Wildman–Crippen MR) is 102 cm³/mol. The summed E-state index contributed by atoms with van der Waals surface area (Å²) in [5.41, 5.74) is 11.5. The van der Waals surface area contributed by atoms with Crippen LogP contribution in [0.5, 0.6) is 5.75 Å². The van der Waals surface area contributed by atoms with E-state index in [1.54, 1.807) is 18.2 Å². The van der Waals surface area contributed by atoms with Gasteiger partial charge in [-0.25, -0.2) is 5.43 Å². The monoisotopic (exact) mass is 359 g/mol. The van der Waals surface area contributed by atoms with E-state index < -0.39 is 0 Å². The van der Waals surface area contributed by atoms with Gasteiger partial charge in [0.1, 0.15) is 5.75 Å². The van der Waals surface area contributed by atoms with Gasteiger partial charge in [0.15, 0.2) is 0 Å². The zero-order valence-electron chi connectivity index (χ0n) is 14.4. The number of aryl methyl sites for hydroxylation is 1. The molecule has 6 heteroatoms. The molecule has 0 unspecified atom stereocenters. The predicted octanol–water partition coefficient (Wildman–Crippen LogP) is 3.93. The topological polar surface area (TPSA) is 76.7 Å². The van der Waals surface area contributed by atoms with E-state index in [1.165, 1.54) is 0 Å². The van der Waals surface area contributed by atoms with Crippen LogP contribution in [0, 0.1) is 6.92 Å². The number of rotatable bonds is 7. The normalized spacial score (nSPS) is 11.2. The summed E-state index contributed by atoms with van der Waals surface area (Å²) < 4.78 is 5.66. The highest BCUT2D eigenvalue weighted by atomic mass is 35.5. The van der Waals surface area contributed by atoms with Crippen LogP contribution < -0.4 is 15.9 Å². The van der Waals surface area contributed by atoms with Gasteiger partial charge in [-0.15, -0.1) is 0 Å². The molecule has 0 aliphatic carbocycles. The van der Waals surface area contributed by atoms with E-state index in [-0.39, 0.29) is 5.91 Å². The molecule has 0 fully saturated rings. The summed E-state index contributed by atoms with van der Waals surface area (Å²) in [4.78, 5) is 11.8. The molecule has 5 nitrogen and oxygen atoms in total. The summed E-state index contributed by atoms with van der Waals surface area (Å²) in [6, 6.07) is 12.8. The molecule has 0 heterocycles. The van der Waals surface area contributed by atoms with Crippen molar-refractivity contribution in [1.82, 2.24) is 5.43 Å². The maximum Gasteiger partial charge on any atom is 0.240 e. The molecule has 0 aliphatic heterocycles. The number of carbonyl (C=O) groups is 1. The molecular formula is C19H22ClN3O2. The minimum absolute atomic E-state index is 0.147. The number of ether oxygens (including phenoxy) is 1. The Morgan fingerprint density at radius 1 is 1.24 bits per heavy atom. The molecule has 132 valence electrons. The Balaban J connectivity index is 1.73. The first kappa shape index (κ1) is 18.8. The van der Waals surface area contributed by atoms with Crippen molar-refractivity contribution in [3.63, 3.8) is 0 Å². The standard InChI is InChI=1S/C19H22ClN3O2/c1-13-12-16(20)7-10-18(13)25-11-3-4-19(24)23-22-14(2)15-5-8-17(21)9-6-15/h5-10,12H,3-4,11,21H2,1-2H3,(H,23,24). The minimum Gasteiger partial charge on any atom is -0.493 e. The molecule has 0 aromatic heterocycles. The molecular weight excluding hydrogens is 338 g/mol. The fourth-order valence-corrected chi connectivity index (χ4v) is 2.41. The van der Waals surface area contributed by atoms with E-state index in [4.69, 9.17) is 22.1 Å². The lowest BCUT2D eigenvalue weighted by atomic mass is 10.1. The maximum atomic E-state index is 11.8. The summed E-state index contributed by atoms with van der Waals surface area (Å²) in [5, 5.41) is 4.78. The number of anilines is 1. The van der Waals surface area contributed by atoms with Crippen LogP contribution in [0.1, 0.15) is 30.9 Å². The molecule has 25 heavy (non-hydrogen) atoms. The van der Waals surface area contributed by atoms with Crippen LogP contribution in [0.15, 0.2) is 47.6 Å². The molecule has 0 spiro atoms. The van der Waals surface area contributed by atoms with Gasteiger partial charge < -0.3 is 10.5 Å². The third-order valence-electron chi connectivity index (χ3n) is 3.62. The van der Waals surface area contributed by atoms with Gasteiger partial charge in [0.05, 0.1) is 12.3 Å². The highest BCUT2D eigenvalue weighted by molar-refractivity contribution is 6.30. The van der Waals surface area contributed by atoms with Crippen molar-refractivity contribution in [2.24, 2.45) is 5.10 Å². The number of benzene rings is 2. The largest absolute Gasteiger partial charge is 0.493 e. The highest BCUT2D eigenvalue weighted by Gasteiger charge is 2.04. The lowest BCUT2D eigenvalue weighted by Gasteiger charge is -2.09. The maximum absolute atomic E-state index is 11.8. The number of nitrogens with one attached hydrogen (secondary N) is 1. The lowest BCUT2D eigenvalue weighted by molar-refractivity contribution is -0.121. The van der Waals surface area contributed by atoms with E-state index in [1.807, 2.05) is 38.1 Å². The number of hydrogen-bond donors (Lipinski definition) is 2. The smallest absolute Gasteiger partial charge is 0.240 e. The lowest BCUT2D eigenvalue weighted by Crippen LogP contribution is -2.19. The Kier molecular flexibility index (Phi) is 6.83. The average Bonchev–Trinajstić information content (AvgIpc) is 2.58. The Morgan fingerprint density at radius 3 is 2.64 bits per heavy atom. The molecule has 1 amide bonds. The quantitative estimate of drug-likeness (QED) is 0.340. The Hall–Kier alpha value is -2.53. The van der Waals surface area contributed by atoms with Gasteiger partial charge in [-0.1, -0.05) is 23.7 Å². The second-order valence-electron chi connectivity index (χ2n) is 5.72. The van der Waals surface area contributed by atoms with E-state index in [2.05, 4.69) is 10.5 Å². The second-order valence-corrected chi connectivity index (χ2v) is 6.15. The van der Waals surface area contributed by atoms with Gasteiger partial charge in [0.2, 0.25) is 5.91 Å². The van der Waals surface area contributed by atoms with Crippen molar-refractivity contribution < 1.29 is 9.53 Å². The fourth-order valence-electron chi connectivity index (χ4n) is 2.18. The minimum atomic E-state index is -0.147. The zero-order chi connectivity index (χ0) is 18.2. The van der Waals surface area contributed by atoms with Gasteiger partial charge in [0, 0.05) is 17.1 Å². The van der Waals surface area contributed by atoms with E-state index >= 15 is 0 Å². The Labute approximate surface area is 152 Å². The van der Waals surface area contributed by atoms with Crippen LogP contribution in [-0.4, -0.2) is 18.2 Å². The molecule has 0 atom stereocenters. The molecule has 3 N–H and O–H groups in total. The molecule has 0 bridgehead atoms. The van der Waals surface area contributed by atoms with E-state index in [0.717, 1.165) is 22.6 Å². The van der Waals surface area contributed by atoms with Gasteiger partial charge >= 0.3 is 0 Å². The number of hydrogen-bond acceptors (Lipinski definition) is 4. The first-order valence-electron chi connectivity index (χ1n) is 8.03. The summed E-state index contributed by atoms with van der Waals surface area (Å²) in [6.45, 7) is 4.22. The fraction of sp³-hybridized carbons (Fsp3) is 0.263. The first-order valence-corrected chi connectivity index (χ1v) is 8.41. The van der Waals surface area contributed by atoms with Gasteiger partial charge in [-0.3, -0.25) is 4.79 Å². The highest BCUT2D eigenvalue weighted by Crippen LogP contribution is 2.21. The number of amides is 1. The van der Waals surface area contributed by atoms with Crippen molar-refractivity contribution in [1.29, 1.82) is 0 Å². The van der Waals surface area contributed by atoms with Gasteiger partial charge in [-0.05, 0) is 61.7 Å². The van der Waals surface area contributed by atoms with Gasteiger partial charge in [0.25, 0.3) is 0 Å². The van der Waals surface area contributed by atoms with Crippen molar-refractivity contribution in [2.45, 2.75) is 26.7 Å². The Morgan fingerprint density at radius 2 is 1.96 bits per heavy atom. The molecule has 0 saturated heterocycles. The molecule has 2 aromatic rings. The number of halogens is 1. The van der Waals surface area contributed by atoms with Crippen LogP contribution in [0.3, 0.4) is 0 Å². The van der Waals surface area contributed by atoms with Crippen LogP contribution >= 0.6 is 11.6 Å². The van der Waals surface area contributed by atoms with Crippen molar-refractivity contribution in [3.8, 4) is 5.75 Å². The summed E-state index contributed by atoms with van der Waals surface area (Å²) in [7, 11) is 0. The number of nitrogens with two attached hydrogens (primary N) is 1. The summed E-state index contributed by atoms with van der Waals surface area (Å²) in [6.07, 6.45) is 0.940. The van der Waals surface area contributed by atoms with Crippen molar-refractivity contribution >= 4 is 28.9 Å². The molecule has 0 saturated carbocycles. The summed E-state index contributed by atoms with van der Waals surface area (Å²) in [5.74, 6) is 0.633. The average molecular weight is 360 g/mol. The van der Waals surface area contributed by atoms with Gasteiger partial charge in [-0.2, -0.15) is 5.10 Å². The van der Waals surface area contributed by atoms with Crippen LogP contribution in [-0.2, 0) is 4.79 Å². The van der Waals surface area contributed by atoms with Crippen molar-refractivity contribution in [3.05, 3.63) is 58.6 Å². The Bertz CT molecular complexity index is 758. The third-order valence-corrected chi connectivity index (χ3v) is 3.85. The summed E-state index contributed by atoms with van der Waals surface area (Å²) >= 11 is 5.90. The van der Waals surface area contributed by atoms with Crippen LogP contribution in [0.4, 0.5) is 5.69 Å². The molecule has 2 rings (SSSR count). The molecule has 0 radical (unpaired) electrons. The number of hydrazone groups is 1. The van der Waals surface area contributed by atoms with Crippen LogP contribution in [0.25, 0.3) is 0 Å². The second kappa shape index (κ2) is 9.08. The third kappa shape index (κ3) is 6.12. The van der Waals surface area contributed by atoms with Crippen molar-refractivity contribution in [2.75, 3.05) is 12.3 Å².